The van der Waals surface area contributed by atoms with E-state index < -0.39 is 18.0 Å². The molecule has 0 aliphatic heterocycles. The number of hydrogen-bond acceptors (Lipinski definition) is 4. The van der Waals surface area contributed by atoms with Gasteiger partial charge in [-0.15, -0.1) is 0 Å². The molecule has 1 aromatic heterocycles. The molecule has 1 amide bonds. The normalized spacial score (nSPS) is 11.7. The Labute approximate surface area is 147 Å². The molecule has 8 heteroatoms. The van der Waals surface area contributed by atoms with Gasteiger partial charge in [-0.25, -0.2) is 9.78 Å². The van der Waals surface area contributed by atoms with Crippen molar-refractivity contribution < 1.29 is 14.3 Å². The molecule has 0 fully saturated rings. The zero-order valence-electron chi connectivity index (χ0n) is 11.8. The number of amides is 1. The number of pyridine rings is 1. The highest BCUT2D eigenvalue weighted by Crippen LogP contribution is 2.23. The lowest BCUT2D eigenvalue weighted by Gasteiger charge is -2.14. The van der Waals surface area contributed by atoms with E-state index >= 15 is 0 Å². The first kappa shape index (κ1) is 17.5. The number of hydrogen-bond donors (Lipinski definition) is 1. The van der Waals surface area contributed by atoms with Crippen LogP contribution in [-0.2, 0) is 9.53 Å². The van der Waals surface area contributed by atoms with Crippen LogP contribution in [-0.4, -0.2) is 23.0 Å². The third kappa shape index (κ3) is 4.58. The lowest BCUT2D eigenvalue weighted by Crippen LogP contribution is -2.30. The topological polar surface area (TPSA) is 68.3 Å². The van der Waals surface area contributed by atoms with E-state index in [1.807, 2.05) is 0 Å². The van der Waals surface area contributed by atoms with Gasteiger partial charge in [0.2, 0.25) is 0 Å². The summed E-state index contributed by atoms with van der Waals surface area (Å²) in [6.45, 7) is 1.42. The molecule has 5 nitrogen and oxygen atoms in total. The van der Waals surface area contributed by atoms with E-state index in [2.05, 4.69) is 10.3 Å². The molecular weight excluding hydrogens is 363 g/mol. The molecule has 1 aromatic carbocycles. The fourth-order valence-electron chi connectivity index (χ4n) is 1.63. The Hall–Kier alpha value is -1.82. The van der Waals surface area contributed by atoms with Crippen LogP contribution in [0.3, 0.4) is 0 Å². The zero-order chi connectivity index (χ0) is 17.0. The zero-order valence-corrected chi connectivity index (χ0v) is 14.1. The average molecular weight is 374 g/mol. The van der Waals surface area contributed by atoms with Gasteiger partial charge in [0.25, 0.3) is 5.91 Å². The van der Waals surface area contributed by atoms with E-state index in [9.17, 15) is 9.59 Å². The molecule has 23 heavy (non-hydrogen) atoms. The molecule has 0 aliphatic rings. The highest BCUT2D eigenvalue weighted by molar-refractivity contribution is 6.36. The Kier molecular flexibility index (Phi) is 5.82. The molecule has 0 spiro atoms. The van der Waals surface area contributed by atoms with Gasteiger partial charge >= 0.3 is 5.97 Å². The number of ether oxygens (including phenoxy) is 1. The number of halogens is 3. The average Bonchev–Trinajstić information content (AvgIpc) is 2.50. The van der Waals surface area contributed by atoms with Crippen molar-refractivity contribution in [2.75, 3.05) is 5.32 Å². The van der Waals surface area contributed by atoms with Crippen LogP contribution in [0.1, 0.15) is 17.3 Å². The quantitative estimate of drug-likeness (QED) is 0.815. The predicted molar refractivity (Wildman–Crippen MR) is 89.2 cm³/mol. The van der Waals surface area contributed by atoms with Crippen molar-refractivity contribution in [1.29, 1.82) is 0 Å². The van der Waals surface area contributed by atoms with Gasteiger partial charge in [-0.1, -0.05) is 46.9 Å². The Morgan fingerprint density at radius 3 is 2.52 bits per heavy atom. The van der Waals surface area contributed by atoms with Gasteiger partial charge in [-0.05, 0) is 25.1 Å². The molecule has 0 radical (unpaired) electrons. The van der Waals surface area contributed by atoms with Gasteiger partial charge in [0, 0.05) is 6.20 Å². The van der Waals surface area contributed by atoms with E-state index in [1.165, 1.54) is 25.3 Å². The van der Waals surface area contributed by atoms with E-state index in [1.54, 1.807) is 18.2 Å². The Balaban J connectivity index is 2.03. The third-order valence-electron chi connectivity index (χ3n) is 2.80. The Morgan fingerprint density at radius 2 is 1.87 bits per heavy atom. The molecule has 1 heterocycles. The monoisotopic (exact) mass is 372 g/mol. The van der Waals surface area contributed by atoms with Crippen molar-refractivity contribution in [1.82, 2.24) is 4.98 Å². The van der Waals surface area contributed by atoms with Gasteiger partial charge in [-0.3, -0.25) is 4.79 Å². The maximum atomic E-state index is 12.0. The predicted octanol–water partition coefficient (Wildman–Crippen LogP) is 4.23. The van der Waals surface area contributed by atoms with Crippen molar-refractivity contribution in [3.05, 3.63) is 57.2 Å². The second-order valence-electron chi connectivity index (χ2n) is 4.50. The lowest BCUT2D eigenvalue weighted by atomic mass is 10.2. The number of rotatable bonds is 4. The van der Waals surface area contributed by atoms with E-state index in [-0.39, 0.29) is 21.4 Å². The summed E-state index contributed by atoms with van der Waals surface area (Å²) in [5, 5.41) is 3.22. The number of anilines is 1. The smallest absolute Gasteiger partial charge is 0.340 e. The molecule has 0 bridgehead atoms. The first-order valence-corrected chi connectivity index (χ1v) is 7.59. The van der Waals surface area contributed by atoms with Crippen molar-refractivity contribution >= 4 is 52.5 Å². The summed E-state index contributed by atoms with van der Waals surface area (Å²) in [5.74, 6) is -1.16. The largest absolute Gasteiger partial charge is 0.449 e. The standard InChI is InChI=1S/C15H11Cl3N2O3/c1-8(23-15(22)10-4-2-3-5-11(10)17)14(21)20-13-12(18)6-9(16)7-19-13/h2-8H,1H3,(H,19,20,21). The van der Waals surface area contributed by atoms with Gasteiger partial charge < -0.3 is 10.1 Å². The summed E-state index contributed by atoms with van der Waals surface area (Å²) in [5.41, 5.74) is 0.177. The summed E-state index contributed by atoms with van der Waals surface area (Å²) in [6, 6.07) is 7.83. The second-order valence-corrected chi connectivity index (χ2v) is 5.75. The molecule has 0 aliphatic carbocycles. The van der Waals surface area contributed by atoms with Crippen LogP contribution in [0, 0.1) is 0 Å². The van der Waals surface area contributed by atoms with Crippen molar-refractivity contribution in [2.24, 2.45) is 0 Å². The number of carbonyl (C=O) groups is 2. The van der Waals surface area contributed by atoms with Crippen molar-refractivity contribution in [3.63, 3.8) is 0 Å². The summed E-state index contributed by atoms with van der Waals surface area (Å²) < 4.78 is 5.08. The van der Waals surface area contributed by atoms with Gasteiger partial charge in [0.05, 0.1) is 20.6 Å². The molecule has 2 aromatic rings. The molecule has 1 unspecified atom stereocenters. The molecule has 1 N–H and O–H groups in total. The van der Waals surface area contributed by atoms with Crippen molar-refractivity contribution in [3.8, 4) is 0 Å². The summed E-state index contributed by atoms with van der Waals surface area (Å²) in [7, 11) is 0. The minimum absolute atomic E-state index is 0.127. The summed E-state index contributed by atoms with van der Waals surface area (Å²) >= 11 is 17.5. The molecule has 2 rings (SSSR count). The minimum atomic E-state index is -1.06. The SMILES string of the molecule is CC(OC(=O)c1ccccc1Cl)C(=O)Nc1ncc(Cl)cc1Cl. The van der Waals surface area contributed by atoms with Crippen LogP contribution in [0.5, 0.6) is 0 Å². The fraction of sp³-hybridized carbons (Fsp3) is 0.133. The third-order valence-corrected chi connectivity index (χ3v) is 3.62. The molecular formula is C15H11Cl3N2O3. The highest BCUT2D eigenvalue weighted by Gasteiger charge is 2.21. The van der Waals surface area contributed by atoms with Crippen LogP contribution >= 0.6 is 34.8 Å². The molecule has 120 valence electrons. The Morgan fingerprint density at radius 1 is 1.17 bits per heavy atom. The van der Waals surface area contributed by atoms with Gasteiger partial charge in [-0.2, -0.15) is 0 Å². The number of aromatic nitrogens is 1. The van der Waals surface area contributed by atoms with Crippen LogP contribution in [0.15, 0.2) is 36.5 Å². The minimum Gasteiger partial charge on any atom is -0.449 e. The van der Waals surface area contributed by atoms with Crippen LogP contribution < -0.4 is 5.32 Å². The number of benzene rings is 1. The first-order valence-electron chi connectivity index (χ1n) is 6.46. The summed E-state index contributed by atoms with van der Waals surface area (Å²) in [4.78, 5) is 27.9. The number of esters is 1. The van der Waals surface area contributed by atoms with Crippen LogP contribution in [0.25, 0.3) is 0 Å². The molecule has 1 atom stereocenters. The lowest BCUT2D eigenvalue weighted by molar-refractivity contribution is -0.123. The first-order chi connectivity index (χ1) is 10.9. The van der Waals surface area contributed by atoms with E-state index in [0.29, 0.717) is 5.02 Å². The van der Waals surface area contributed by atoms with Crippen LogP contribution in [0.4, 0.5) is 5.82 Å². The molecule has 0 saturated heterocycles. The Bertz CT molecular complexity index is 752. The second kappa shape index (κ2) is 7.64. The number of nitrogens with zero attached hydrogens (tertiary/aromatic N) is 1. The molecule has 0 saturated carbocycles. The highest BCUT2D eigenvalue weighted by atomic mass is 35.5. The maximum Gasteiger partial charge on any atom is 0.340 e. The fourth-order valence-corrected chi connectivity index (χ4v) is 2.27. The van der Waals surface area contributed by atoms with Gasteiger partial charge in [0.15, 0.2) is 11.9 Å². The van der Waals surface area contributed by atoms with Crippen LogP contribution in [0.2, 0.25) is 15.1 Å². The number of nitrogens with one attached hydrogen (secondary N) is 1. The number of carbonyl (C=O) groups excluding carboxylic acids is 2. The summed E-state index contributed by atoms with van der Waals surface area (Å²) in [6.07, 6.45) is 0.274. The van der Waals surface area contributed by atoms with E-state index in [4.69, 9.17) is 39.5 Å². The maximum absolute atomic E-state index is 12.0. The van der Waals surface area contributed by atoms with Gasteiger partial charge in [0.1, 0.15) is 0 Å². The van der Waals surface area contributed by atoms with Crippen molar-refractivity contribution in [2.45, 2.75) is 13.0 Å². The van der Waals surface area contributed by atoms with E-state index in [0.717, 1.165) is 0 Å².